The van der Waals surface area contributed by atoms with Crippen molar-refractivity contribution in [2.24, 2.45) is 0 Å². The average molecular weight is 439 g/mol. The maximum absolute atomic E-state index is 13.1. The molecule has 0 aliphatic carbocycles. The molecule has 31 heavy (non-hydrogen) atoms. The summed E-state index contributed by atoms with van der Waals surface area (Å²) in [4.78, 5) is 25.1. The first-order valence-corrected chi connectivity index (χ1v) is 10.8. The zero-order chi connectivity index (χ0) is 22.6. The van der Waals surface area contributed by atoms with E-state index >= 15 is 0 Å². The van der Waals surface area contributed by atoms with Gasteiger partial charge in [-0.15, -0.1) is 0 Å². The molecule has 3 rings (SSSR count). The largest absolute Gasteiger partial charge is 0.465 e. The van der Waals surface area contributed by atoms with Gasteiger partial charge in [-0.3, -0.25) is 9.10 Å². The lowest BCUT2D eigenvalue weighted by molar-refractivity contribution is 0.0599. The molecule has 0 atom stereocenters. The Morgan fingerprint density at radius 2 is 1.48 bits per heavy atom. The molecule has 1 amide bonds. The second kappa shape index (κ2) is 9.01. The highest BCUT2D eigenvalue weighted by atomic mass is 32.2. The van der Waals surface area contributed by atoms with Crippen molar-refractivity contribution >= 4 is 33.3 Å². The summed E-state index contributed by atoms with van der Waals surface area (Å²) in [6, 6.07) is 19.3. The Hall–Kier alpha value is -3.65. The molecule has 8 heteroatoms. The van der Waals surface area contributed by atoms with Crippen molar-refractivity contribution in [2.45, 2.75) is 11.8 Å². The number of amides is 1. The van der Waals surface area contributed by atoms with Gasteiger partial charge in [0, 0.05) is 12.7 Å². The first-order chi connectivity index (χ1) is 14.8. The minimum Gasteiger partial charge on any atom is -0.465 e. The van der Waals surface area contributed by atoms with E-state index in [0.717, 1.165) is 4.31 Å². The number of sulfonamides is 1. The molecule has 1 N–H and O–H groups in total. The SMILES string of the molecule is COC(=O)c1cccc(NC(=O)c2ccccc2N(C)S(=O)(=O)c2ccccc2)c1C. The lowest BCUT2D eigenvalue weighted by Gasteiger charge is -2.22. The molecular formula is C23H22N2O5S. The number of para-hydroxylation sites is 1. The number of ether oxygens (including phenoxy) is 1. The van der Waals surface area contributed by atoms with Gasteiger partial charge in [-0.2, -0.15) is 0 Å². The smallest absolute Gasteiger partial charge is 0.338 e. The van der Waals surface area contributed by atoms with E-state index in [2.05, 4.69) is 5.32 Å². The van der Waals surface area contributed by atoms with Gasteiger partial charge in [-0.25, -0.2) is 13.2 Å². The van der Waals surface area contributed by atoms with Crippen molar-refractivity contribution in [1.82, 2.24) is 0 Å². The Bertz CT molecular complexity index is 1220. The lowest BCUT2D eigenvalue weighted by Crippen LogP contribution is -2.29. The zero-order valence-electron chi connectivity index (χ0n) is 17.3. The molecule has 0 aliphatic heterocycles. The van der Waals surface area contributed by atoms with Gasteiger partial charge in [-0.05, 0) is 48.9 Å². The van der Waals surface area contributed by atoms with Crippen molar-refractivity contribution in [3.05, 3.63) is 89.5 Å². The third-order valence-electron chi connectivity index (χ3n) is 4.88. The Morgan fingerprint density at radius 1 is 0.871 bits per heavy atom. The molecule has 3 aromatic carbocycles. The summed E-state index contributed by atoms with van der Waals surface area (Å²) >= 11 is 0. The van der Waals surface area contributed by atoms with E-state index < -0.39 is 21.9 Å². The number of benzene rings is 3. The monoisotopic (exact) mass is 438 g/mol. The predicted molar refractivity (Wildman–Crippen MR) is 119 cm³/mol. The first-order valence-electron chi connectivity index (χ1n) is 9.39. The van der Waals surface area contributed by atoms with Crippen LogP contribution >= 0.6 is 0 Å². The minimum absolute atomic E-state index is 0.120. The van der Waals surface area contributed by atoms with Gasteiger partial charge >= 0.3 is 5.97 Å². The van der Waals surface area contributed by atoms with Crippen molar-refractivity contribution in [3.63, 3.8) is 0 Å². The van der Waals surface area contributed by atoms with Crippen molar-refractivity contribution in [2.75, 3.05) is 23.8 Å². The highest BCUT2D eigenvalue weighted by molar-refractivity contribution is 7.92. The van der Waals surface area contributed by atoms with Crippen LogP contribution < -0.4 is 9.62 Å². The Morgan fingerprint density at radius 3 is 2.16 bits per heavy atom. The molecule has 0 unspecified atom stereocenters. The number of anilines is 2. The molecule has 0 fully saturated rings. The van der Waals surface area contributed by atoms with Crippen LogP contribution in [0.25, 0.3) is 0 Å². The van der Waals surface area contributed by atoms with Crippen LogP contribution in [0.2, 0.25) is 0 Å². The van der Waals surface area contributed by atoms with Gasteiger partial charge in [0.2, 0.25) is 0 Å². The van der Waals surface area contributed by atoms with Gasteiger partial charge in [0.25, 0.3) is 15.9 Å². The number of esters is 1. The van der Waals surface area contributed by atoms with E-state index in [-0.39, 0.29) is 16.1 Å². The van der Waals surface area contributed by atoms with Crippen LogP contribution in [-0.2, 0) is 14.8 Å². The molecule has 0 aromatic heterocycles. The molecule has 0 spiro atoms. The number of hydrogen-bond acceptors (Lipinski definition) is 5. The van der Waals surface area contributed by atoms with E-state index in [1.54, 1.807) is 67.6 Å². The Labute approximate surface area is 181 Å². The van der Waals surface area contributed by atoms with Crippen molar-refractivity contribution in [3.8, 4) is 0 Å². The number of nitrogens with zero attached hydrogens (tertiary/aromatic N) is 1. The van der Waals surface area contributed by atoms with Crippen molar-refractivity contribution < 1.29 is 22.7 Å². The highest BCUT2D eigenvalue weighted by Crippen LogP contribution is 2.27. The summed E-state index contributed by atoms with van der Waals surface area (Å²) in [5.41, 5.74) is 1.71. The van der Waals surface area contributed by atoms with Gasteiger partial charge in [0.05, 0.1) is 28.8 Å². The second-order valence-electron chi connectivity index (χ2n) is 6.73. The predicted octanol–water partition coefficient (Wildman–Crippen LogP) is 3.86. The lowest BCUT2D eigenvalue weighted by atomic mass is 10.1. The van der Waals surface area contributed by atoms with Gasteiger partial charge < -0.3 is 10.1 Å². The Balaban J connectivity index is 1.96. The molecule has 0 saturated carbocycles. The van der Waals surface area contributed by atoms with E-state index in [4.69, 9.17) is 4.74 Å². The molecule has 0 saturated heterocycles. The number of carbonyl (C=O) groups is 2. The van der Waals surface area contributed by atoms with E-state index in [1.165, 1.54) is 26.3 Å². The number of nitrogens with one attached hydrogen (secondary N) is 1. The molecule has 160 valence electrons. The van der Waals surface area contributed by atoms with Crippen LogP contribution in [0.3, 0.4) is 0 Å². The molecule has 0 bridgehead atoms. The molecule has 7 nitrogen and oxygen atoms in total. The van der Waals surface area contributed by atoms with E-state index in [0.29, 0.717) is 16.8 Å². The molecular weight excluding hydrogens is 416 g/mol. The molecule has 0 radical (unpaired) electrons. The number of rotatable bonds is 6. The summed E-state index contributed by atoms with van der Waals surface area (Å²) < 4.78 is 31.9. The summed E-state index contributed by atoms with van der Waals surface area (Å²) in [5.74, 6) is -1.02. The number of methoxy groups -OCH3 is 1. The van der Waals surface area contributed by atoms with Crippen LogP contribution in [0.5, 0.6) is 0 Å². The molecule has 0 heterocycles. The molecule has 0 aliphatic rings. The fourth-order valence-corrected chi connectivity index (χ4v) is 4.35. The van der Waals surface area contributed by atoms with Gasteiger partial charge in [0.15, 0.2) is 0 Å². The maximum Gasteiger partial charge on any atom is 0.338 e. The van der Waals surface area contributed by atoms with Gasteiger partial charge in [0.1, 0.15) is 0 Å². The third-order valence-corrected chi connectivity index (χ3v) is 6.66. The van der Waals surface area contributed by atoms with E-state index in [9.17, 15) is 18.0 Å². The standard InChI is InChI=1S/C23H22N2O5S/c1-16-18(23(27)30-3)13-9-14-20(16)24-22(26)19-12-7-8-15-21(19)25(2)31(28,29)17-10-5-4-6-11-17/h4-15H,1-3H3,(H,24,26). The van der Waals surface area contributed by atoms with Crippen LogP contribution in [0.1, 0.15) is 26.3 Å². The summed E-state index contributed by atoms with van der Waals surface area (Å²) in [6.45, 7) is 1.69. The van der Waals surface area contributed by atoms with Crippen LogP contribution in [-0.4, -0.2) is 34.5 Å². The maximum atomic E-state index is 13.1. The third kappa shape index (κ3) is 4.44. The fraction of sp³-hybridized carbons (Fsp3) is 0.130. The summed E-state index contributed by atoms with van der Waals surface area (Å²) in [6.07, 6.45) is 0. The van der Waals surface area contributed by atoms with Crippen LogP contribution in [0, 0.1) is 6.92 Å². The second-order valence-corrected chi connectivity index (χ2v) is 8.70. The fourth-order valence-electron chi connectivity index (χ4n) is 3.11. The number of carbonyl (C=O) groups excluding carboxylic acids is 2. The normalized spacial score (nSPS) is 10.9. The van der Waals surface area contributed by atoms with Crippen LogP contribution in [0.15, 0.2) is 77.7 Å². The quantitative estimate of drug-likeness (QED) is 0.590. The topological polar surface area (TPSA) is 92.8 Å². The zero-order valence-corrected chi connectivity index (χ0v) is 18.1. The average Bonchev–Trinajstić information content (AvgIpc) is 2.80. The Kier molecular flexibility index (Phi) is 6.41. The summed E-state index contributed by atoms with van der Waals surface area (Å²) in [7, 11) is -1.17. The van der Waals surface area contributed by atoms with Crippen molar-refractivity contribution in [1.29, 1.82) is 0 Å². The first kappa shape index (κ1) is 22.0. The number of hydrogen-bond donors (Lipinski definition) is 1. The van der Waals surface area contributed by atoms with E-state index in [1.807, 2.05) is 0 Å². The van der Waals surface area contributed by atoms with Crippen LogP contribution in [0.4, 0.5) is 11.4 Å². The highest BCUT2D eigenvalue weighted by Gasteiger charge is 2.25. The molecule has 3 aromatic rings. The summed E-state index contributed by atoms with van der Waals surface area (Å²) in [5, 5.41) is 2.76. The minimum atomic E-state index is -3.86. The van der Waals surface area contributed by atoms with Gasteiger partial charge in [-0.1, -0.05) is 36.4 Å².